The van der Waals surface area contributed by atoms with Gasteiger partial charge >= 0.3 is 0 Å². The number of likely N-dealkylation sites (tertiary alicyclic amines) is 2. The van der Waals surface area contributed by atoms with Crippen LogP contribution >= 0.6 is 0 Å². The molecule has 126 valence electrons. The Morgan fingerprint density at radius 1 is 1.17 bits per heavy atom. The van der Waals surface area contributed by atoms with Crippen molar-refractivity contribution in [3.8, 4) is 0 Å². The number of hydrogen-bond donors (Lipinski definition) is 0. The van der Waals surface area contributed by atoms with E-state index >= 15 is 0 Å². The maximum atomic E-state index is 12.2. The Morgan fingerprint density at radius 2 is 1.96 bits per heavy atom. The van der Waals surface area contributed by atoms with Gasteiger partial charge in [0.2, 0.25) is 5.91 Å². The highest BCUT2D eigenvalue weighted by molar-refractivity contribution is 5.74. The molecule has 2 fully saturated rings. The number of benzene rings is 1. The fourth-order valence-electron chi connectivity index (χ4n) is 4.59. The lowest BCUT2D eigenvalue weighted by Crippen LogP contribution is -2.56. The van der Waals surface area contributed by atoms with Gasteiger partial charge in [-0.15, -0.1) is 0 Å². The zero-order valence-electron chi connectivity index (χ0n) is 14.1. The van der Waals surface area contributed by atoms with Crippen LogP contribution in [0, 0.1) is 0 Å². The van der Waals surface area contributed by atoms with Gasteiger partial charge in [0.25, 0.3) is 0 Å². The third-order valence-electron chi connectivity index (χ3n) is 5.83. The lowest BCUT2D eigenvalue weighted by atomic mass is 9.69. The number of furan rings is 1. The number of rotatable bonds is 3. The van der Waals surface area contributed by atoms with Crippen molar-refractivity contribution >= 4 is 5.91 Å². The van der Waals surface area contributed by atoms with Crippen LogP contribution in [0.15, 0.2) is 53.1 Å². The van der Waals surface area contributed by atoms with Gasteiger partial charge in [-0.2, -0.15) is 0 Å². The molecule has 2 saturated heterocycles. The third-order valence-corrected chi connectivity index (χ3v) is 5.83. The molecule has 0 aliphatic carbocycles. The van der Waals surface area contributed by atoms with E-state index in [1.165, 1.54) is 5.56 Å². The summed E-state index contributed by atoms with van der Waals surface area (Å²) in [6.07, 6.45) is 3.88. The van der Waals surface area contributed by atoms with Crippen molar-refractivity contribution in [1.82, 2.24) is 9.80 Å². The van der Waals surface area contributed by atoms with E-state index in [1.54, 1.807) is 13.2 Å². The molecule has 0 saturated carbocycles. The summed E-state index contributed by atoms with van der Waals surface area (Å²) in [6, 6.07) is 15.0. The van der Waals surface area contributed by atoms with Crippen LogP contribution in [0.25, 0.3) is 0 Å². The number of carbonyl (C=O) groups is 1. The molecule has 2 aromatic rings. The first-order chi connectivity index (χ1) is 11.7. The van der Waals surface area contributed by atoms with Crippen LogP contribution in [0.4, 0.5) is 0 Å². The molecule has 24 heavy (non-hydrogen) atoms. The predicted molar refractivity (Wildman–Crippen MR) is 92.5 cm³/mol. The molecule has 2 aliphatic rings. The van der Waals surface area contributed by atoms with Crippen molar-refractivity contribution in [2.24, 2.45) is 0 Å². The highest BCUT2D eigenvalue weighted by Crippen LogP contribution is 2.46. The smallest absolute Gasteiger partial charge is 0.219 e. The van der Waals surface area contributed by atoms with Crippen molar-refractivity contribution < 1.29 is 9.21 Å². The fourth-order valence-corrected chi connectivity index (χ4v) is 4.59. The van der Waals surface area contributed by atoms with Gasteiger partial charge in [-0.3, -0.25) is 9.69 Å². The standard InChI is InChI=1S/C20H24N2O2/c1-16(23)22-12-10-20(17-6-3-2-4-7-17)9-11-21(15-19(20)22)14-18-8-5-13-24-18/h2-8,13,19H,9-12,14-15H2,1H3/t19-,20-/m0/s1. The van der Waals surface area contributed by atoms with Crippen LogP contribution in [0.3, 0.4) is 0 Å². The highest BCUT2D eigenvalue weighted by atomic mass is 16.3. The first-order valence-corrected chi connectivity index (χ1v) is 8.76. The number of nitrogens with zero attached hydrogens (tertiary/aromatic N) is 2. The molecule has 0 spiro atoms. The Hall–Kier alpha value is -2.07. The summed E-state index contributed by atoms with van der Waals surface area (Å²) in [4.78, 5) is 16.7. The molecule has 0 radical (unpaired) electrons. The lowest BCUT2D eigenvalue weighted by molar-refractivity contribution is -0.131. The molecule has 1 aromatic heterocycles. The molecule has 1 amide bonds. The predicted octanol–water partition coefficient (Wildman–Crippen LogP) is 3.04. The van der Waals surface area contributed by atoms with E-state index in [0.717, 1.165) is 44.8 Å². The van der Waals surface area contributed by atoms with Gasteiger partial charge in [-0.25, -0.2) is 0 Å². The lowest BCUT2D eigenvalue weighted by Gasteiger charge is -2.46. The molecule has 4 heteroatoms. The summed E-state index contributed by atoms with van der Waals surface area (Å²) in [5.74, 6) is 1.19. The van der Waals surface area contributed by atoms with Gasteiger partial charge in [0.1, 0.15) is 5.76 Å². The molecule has 2 atom stereocenters. The van der Waals surface area contributed by atoms with Crippen LogP contribution in [0.5, 0.6) is 0 Å². The third kappa shape index (κ3) is 2.55. The highest BCUT2D eigenvalue weighted by Gasteiger charge is 2.51. The van der Waals surface area contributed by atoms with Crippen molar-refractivity contribution in [2.75, 3.05) is 19.6 Å². The van der Waals surface area contributed by atoms with E-state index < -0.39 is 0 Å². The quantitative estimate of drug-likeness (QED) is 0.871. The first kappa shape index (κ1) is 15.5. The maximum Gasteiger partial charge on any atom is 0.219 e. The van der Waals surface area contributed by atoms with E-state index in [1.807, 2.05) is 12.1 Å². The number of fused-ring (bicyclic) bond motifs is 1. The summed E-state index contributed by atoms with van der Waals surface area (Å²) in [5.41, 5.74) is 1.49. The molecular weight excluding hydrogens is 300 g/mol. The topological polar surface area (TPSA) is 36.7 Å². The Bertz CT molecular complexity index is 698. The molecule has 3 heterocycles. The van der Waals surface area contributed by atoms with Gasteiger partial charge in [-0.05, 0) is 37.1 Å². The minimum absolute atomic E-state index is 0.104. The maximum absolute atomic E-state index is 12.2. The molecular formula is C20H24N2O2. The second kappa shape index (κ2) is 6.10. The Labute approximate surface area is 143 Å². The Kier molecular flexibility index (Phi) is 3.93. The van der Waals surface area contributed by atoms with Crippen LogP contribution < -0.4 is 0 Å². The van der Waals surface area contributed by atoms with Gasteiger partial charge < -0.3 is 9.32 Å². The molecule has 4 nitrogen and oxygen atoms in total. The van der Waals surface area contributed by atoms with Crippen LogP contribution in [0.1, 0.15) is 31.1 Å². The Morgan fingerprint density at radius 3 is 2.67 bits per heavy atom. The average molecular weight is 324 g/mol. The zero-order chi connectivity index (χ0) is 16.6. The number of piperidine rings is 1. The first-order valence-electron chi connectivity index (χ1n) is 8.76. The number of carbonyl (C=O) groups excluding carboxylic acids is 1. The Balaban J connectivity index is 1.62. The summed E-state index contributed by atoms with van der Waals surface area (Å²) >= 11 is 0. The average Bonchev–Trinajstić information content (AvgIpc) is 3.23. The van der Waals surface area contributed by atoms with E-state index in [9.17, 15) is 4.79 Å². The molecule has 1 aromatic carbocycles. The normalized spacial score (nSPS) is 27.2. The SMILES string of the molecule is CC(=O)N1CC[C@]2(c3ccccc3)CCN(Cc3ccco3)C[C@H]12. The zero-order valence-corrected chi connectivity index (χ0v) is 14.1. The minimum atomic E-state index is 0.104. The molecule has 0 N–H and O–H groups in total. The van der Waals surface area contributed by atoms with E-state index in [4.69, 9.17) is 4.42 Å². The van der Waals surface area contributed by atoms with Crippen LogP contribution in [0.2, 0.25) is 0 Å². The fraction of sp³-hybridized carbons (Fsp3) is 0.450. The second-order valence-electron chi connectivity index (χ2n) is 7.06. The van der Waals surface area contributed by atoms with Gasteiger partial charge in [0.15, 0.2) is 0 Å². The van der Waals surface area contributed by atoms with Gasteiger partial charge in [0.05, 0.1) is 18.8 Å². The molecule has 2 aliphatic heterocycles. The van der Waals surface area contributed by atoms with Crippen LogP contribution in [-0.4, -0.2) is 41.4 Å². The van der Waals surface area contributed by atoms with Gasteiger partial charge in [-0.1, -0.05) is 30.3 Å². The summed E-state index contributed by atoms with van der Waals surface area (Å²) in [7, 11) is 0. The summed E-state index contributed by atoms with van der Waals surface area (Å²) in [6.45, 7) is 5.34. The monoisotopic (exact) mass is 324 g/mol. The van der Waals surface area contributed by atoms with Crippen molar-refractivity contribution in [3.05, 3.63) is 60.1 Å². The van der Waals surface area contributed by atoms with Crippen molar-refractivity contribution in [1.29, 1.82) is 0 Å². The van der Waals surface area contributed by atoms with Crippen molar-refractivity contribution in [2.45, 2.75) is 37.8 Å². The number of hydrogen-bond acceptors (Lipinski definition) is 3. The van der Waals surface area contributed by atoms with E-state index in [2.05, 4.69) is 40.1 Å². The summed E-state index contributed by atoms with van der Waals surface area (Å²) < 4.78 is 5.51. The summed E-state index contributed by atoms with van der Waals surface area (Å²) in [5, 5.41) is 0. The number of amides is 1. The second-order valence-corrected chi connectivity index (χ2v) is 7.06. The molecule has 4 rings (SSSR count). The van der Waals surface area contributed by atoms with Crippen molar-refractivity contribution in [3.63, 3.8) is 0 Å². The van der Waals surface area contributed by atoms with Gasteiger partial charge in [0, 0.05) is 25.4 Å². The van der Waals surface area contributed by atoms with E-state index in [0.29, 0.717) is 0 Å². The molecule has 0 unspecified atom stereocenters. The largest absolute Gasteiger partial charge is 0.468 e. The van der Waals surface area contributed by atoms with Crippen LogP contribution in [-0.2, 0) is 16.8 Å². The minimum Gasteiger partial charge on any atom is -0.468 e. The molecule has 0 bridgehead atoms. The van der Waals surface area contributed by atoms with E-state index in [-0.39, 0.29) is 17.4 Å².